The highest BCUT2D eigenvalue weighted by Crippen LogP contribution is 2.37. The number of hydrogen-bond donors (Lipinski definition) is 0. The number of rotatable bonds is 1. The minimum Gasteiger partial charge on any atom is -0.591 e. The minimum absolute atomic E-state index is 0.705. The number of hydrogen-bond acceptors (Lipinski definition) is 1. The van der Waals surface area contributed by atoms with E-state index in [4.69, 9.17) is 0 Å². The van der Waals surface area contributed by atoms with Crippen LogP contribution in [0.25, 0.3) is 0 Å². The Morgan fingerprint density at radius 3 is 2.46 bits per heavy atom. The molecule has 1 heterocycles. The normalized spacial score (nSPS) is 20.6. The Bertz CT molecular complexity index is 284. The standard InChI is InChI=1S/C11H16OS/c1-9-7-13(12)8-11(9)10-5-3-2-4-6-10/h7-8,10H,2-6H2,1H3. The van der Waals surface area contributed by atoms with Gasteiger partial charge in [0.2, 0.25) is 0 Å². The molecule has 13 heavy (non-hydrogen) atoms. The molecule has 2 rings (SSSR count). The first-order chi connectivity index (χ1) is 6.27. The van der Waals surface area contributed by atoms with Gasteiger partial charge in [0.15, 0.2) is 0 Å². The van der Waals surface area contributed by atoms with Crippen LogP contribution in [0, 0.1) is 6.92 Å². The zero-order valence-corrected chi connectivity index (χ0v) is 8.90. The highest BCUT2D eigenvalue weighted by atomic mass is 32.2. The maximum absolute atomic E-state index is 11.3. The lowest BCUT2D eigenvalue weighted by molar-refractivity contribution is 0.443. The van der Waals surface area contributed by atoms with Gasteiger partial charge in [-0.05, 0) is 25.7 Å². The van der Waals surface area contributed by atoms with Crippen molar-refractivity contribution < 1.29 is 4.55 Å². The summed E-state index contributed by atoms with van der Waals surface area (Å²) in [6.07, 6.45) is 6.68. The lowest BCUT2D eigenvalue weighted by Gasteiger charge is -2.20. The first kappa shape index (κ1) is 9.22. The molecule has 1 atom stereocenters. The van der Waals surface area contributed by atoms with Gasteiger partial charge in [-0.2, -0.15) is 0 Å². The molecular weight excluding hydrogens is 180 g/mol. The lowest BCUT2D eigenvalue weighted by Crippen LogP contribution is -2.04. The van der Waals surface area contributed by atoms with Crippen molar-refractivity contribution in [1.29, 1.82) is 0 Å². The number of thiophene rings is 1. The summed E-state index contributed by atoms with van der Waals surface area (Å²) in [6, 6.07) is 0. The minimum atomic E-state index is -0.809. The second kappa shape index (κ2) is 3.81. The van der Waals surface area contributed by atoms with Gasteiger partial charge in [-0.15, -0.1) is 0 Å². The molecule has 0 spiro atoms. The van der Waals surface area contributed by atoms with Gasteiger partial charge < -0.3 is 4.55 Å². The van der Waals surface area contributed by atoms with Crippen LogP contribution >= 0.6 is 10.8 Å². The molecular formula is C11H16OS. The van der Waals surface area contributed by atoms with Gasteiger partial charge >= 0.3 is 0 Å². The molecule has 2 heteroatoms. The molecule has 1 aromatic heterocycles. The van der Waals surface area contributed by atoms with E-state index in [-0.39, 0.29) is 0 Å². The fraction of sp³-hybridized carbons (Fsp3) is 0.636. The summed E-state index contributed by atoms with van der Waals surface area (Å²) in [5.74, 6) is 0.705. The molecule has 0 aromatic carbocycles. The molecule has 0 bridgehead atoms. The summed E-state index contributed by atoms with van der Waals surface area (Å²) in [7, 11) is -0.809. The molecule has 72 valence electrons. The summed E-state index contributed by atoms with van der Waals surface area (Å²) in [5, 5.41) is 3.83. The molecule has 0 amide bonds. The third-order valence-electron chi connectivity index (χ3n) is 3.04. The van der Waals surface area contributed by atoms with E-state index < -0.39 is 10.8 Å². The molecule has 0 radical (unpaired) electrons. The topological polar surface area (TPSA) is 23.1 Å². The van der Waals surface area contributed by atoms with E-state index in [0.29, 0.717) is 5.92 Å². The summed E-state index contributed by atoms with van der Waals surface area (Å²) in [5.41, 5.74) is 2.63. The van der Waals surface area contributed by atoms with Crippen LogP contribution in [0.3, 0.4) is 0 Å². The first-order valence-corrected chi connectivity index (χ1v) is 6.35. The van der Waals surface area contributed by atoms with Crippen LogP contribution in [0.5, 0.6) is 0 Å². The summed E-state index contributed by atoms with van der Waals surface area (Å²) in [4.78, 5) is 0. The molecule has 1 saturated carbocycles. The molecule has 0 saturated heterocycles. The Morgan fingerprint density at radius 2 is 1.92 bits per heavy atom. The van der Waals surface area contributed by atoms with Crippen molar-refractivity contribution in [3.63, 3.8) is 0 Å². The van der Waals surface area contributed by atoms with E-state index in [1.807, 2.05) is 10.8 Å². The van der Waals surface area contributed by atoms with Crippen molar-refractivity contribution in [2.24, 2.45) is 0 Å². The predicted molar refractivity (Wildman–Crippen MR) is 55.7 cm³/mol. The summed E-state index contributed by atoms with van der Waals surface area (Å²) < 4.78 is 11.3. The quantitative estimate of drug-likeness (QED) is 0.627. The molecule has 0 aliphatic heterocycles. The average molecular weight is 196 g/mol. The van der Waals surface area contributed by atoms with Crippen LogP contribution in [0.2, 0.25) is 0 Å². The molecule has 0 N–H and O–H groups in total. The maximum Gasteiger partial charge on any atom is 0.140 e. The van der Waals surface area contributed by atoms with Crippen molar-refractivity contribution >= 4 is 10.8 Å². The highest BCUT2D eigenvalue weighted by molar-refractivity contribution is 7.22. The van der Waals surface area contributed by atoms with E-state index in [2.05, 4.69) is 6.92 Å². The van der Waals surface area contributed by atoms with Crippen molar-refractivity contribution in [2.45, 2.75) is 44.9 Å². The fourth-order valence-electron chi connectivity index (χ4n) is 2.33. The van der Waals surface area contributed by atoms with Crippen molar-refractivity contribution in [3.05, 3.63) is 21.9 Å². The van der Waals surface area contributed by atoms with E-state index in [9.17, 15) is 4.55 Å². The third-order valence-corrected chi connectivity index (χ3v) is 4.11. The van der Waals surface area contributed by atoms with Crippen molar-refractivity contribution in [3.8, 4) is 0 Å². The van der Waals surface area contributed by atoms with Gasteiger partial charge in [0.25, 0.3) is 0 Å². The SMILES string of the molecule is Cc1c[s+]([O-])cc1C1CCCCC1. The first-order valence-electron chi connectivity index (χ1n) is 5.07. The Labute approximate surface area is 82.6 Å². The van der Waals surface area contributed by atoms with E-state index in [1.54, 1.807) is 0 Å². The number of aryl methyl sites for hydroxylation is 1. The van der Waals surface area contributed by atoms with E-state index >= 15 is 0 Å². The highest BCUT2D eigenvalue weighted by Gasteiger charge is 2.20. The molecule has 1 fully saturated rings. The third kappa shape index (κ3) is 1.94. The van der Waals surface area contributed by atoms with Crippen LogP contribution in [0.15, 0.2) is 10.8 Å². The van der Waals surface area contributed by atoms with Gasteiger partial charge in [-0.25, -0.2) is 0 Å². The molecule has 1 aliphatic rings. The largest absolute Gasteiger partial charge is 0.591 e. The fourth-order valence-corrected chi connectivity index (χ4v) is 3.51. The Kier molecular flexibility index (Phi) is 2.70. The van der Waals surface area contributed by atoms with Crippen molar-refractivity contribution in [2.75, 3.05) is 0 Å². The second-order valence-corrected chi connectivity index (χ2v) is 5.17. The molecule has 1 aromatic rings. The van der Waals surface area contributed by atoms with Crippen LogP contribution in [-0.4, -0.2) is 4.55 Å². The van der Waals surface area contributed by atoms with Gasteiger partial charge in [-0.1, -0.05) is 30.0 Å². The average Bonchev–Trinajstić information content (AvgIpc) is 2.47. The van der Waals surface area contributed by atoms with Gasteiger partial charge in [0, 0.05) is 11.1 Å². The predicted octanol–water partition coefficient (Wildman–Crippen LogP) is 3.77. The Morgan fingerprint density at radius 1 is 1.23 bits per heavy atom. The van der Waals surface area contributed by atoms with Crippen LogP contribution in [0.1, 0.15) is 49.1 Å². The van der Waals surface area contributed by atoms with Crippen molar-refractivity contribution in [1.82, 2.24) is 0 Å². The van der Waals surface area contributed by atoms with Crippen LogP contribution in [0.4, 0.5) is 0 Å². The van der Waals surface area contributed by atoms with E-state index in [0.717, 1.165) is 0 Å². The molecule has 1 aliphatic carbocycles. The smallest absolute Gasteiger partial charge is 0.140 e. The zero-order valence-electron chi connectivity index (χ0n) is 8.08. The molecule has 1 unspecified atom stereocenters. The maximum atomic E-state index is 11.3. The van der Waals surface area contributed by atoms with Gasteiger partial charge in [0.05, 0.1) is 0 Å². The Balaban J connectivity index is 2.18. The lowest BCUT2D eigenvalue weighted by atomic mass is 9.84. The summed E-state index contributed by atoms with van der Waals surface area (Å²) in [6.45, 7) is 2.09. The zero-order chi connectivity index (χ0) is 9.26. The van der Waals surface area contributed by atoms with Crippen LogP contribution in [-0.2, 0) is 0 Å². The second-order valence-electron chi connectivity index (χ2n) is 4.04. The monoisotopic (exact) mass is 196 g/mol. The van der Waals surface area contributed by atoms with Gasteiger partial charge in [-0.3, -0.25) is 0 Å². The Hall–Kier alpha value is -0.340. The molecule has 1 nitrogen and oxygen atoms in total. The van der Waals surface area contributed by atoms with E-state index in [1.165, 1.54) is 43.2 Å². The van der Waals surface area contributed by atoms with Gasteiger partial charge in [0.1, 0.15) is 10.8 Å². The summed E-state index contributed by atoms with van der Waals surface area (Å²) >= 11 is 0. The van der Waals surface area contributed by atoms with Crippen LogP contribution < -0.4 is 0 Å².